The van der Waals surface area contributed by atoms with Gasteiger partial charge in [-0.15, -0.1) is 0 Å². The Morgan fingerprint density at radius 1 is 1.27 bits per heavy atom. The van der Waals surface area contributed by atoms with Crippen LogP contribution < -0.4 is 10.1 Å². The summed E-state index contributed by atoms with van der Waals surface area (Å²) in [6.07, 6.45) is 5.41. The number of hydrogen-bond donors (Lipinski definition) is 1. The quantitative estimate of drug-likeness (QED) is 0.899. The highest BCUT2D eigenvalue weighted by atomic mass is 16.5. The molecule has 1 amide bonds. The minimum absolute atomic E-state index is 0.0540. The lowest BCUT2D eigenvalue weighted by Crippen LogP contribution is -2.45. The first-order valence-corrected chi connectivity index (χ1v) is 8.61. The van der Waals surface area contributed by atoms with Crippen molar-refractivity contribution in [3.05, 3.63) is 29.3 Å². The number of carbonyl (C=O) groups is 1. The lowest BCUT2D eigenvalue weighted by atomic mass is 9.95. The monoisotopic (exact) mass is 301 g/mol. The van der Waals surface area contributed by atoms with E-state index in [0.717, 1.165) is 18.1 Å². The first-order valence-electron chi connectivity index (χ1n) is 8.61. The van der Waals surface area contributed by atoms with Gasteiger partial charge in [0.2, 0.25) is 0 Å². The number of amides is 1. The summed E-state index contributed by atoms with van der Waals surface area (Å²) < 4.78 is 5.94. The second-order valence-electron chi connectivity index (χ2n) is 7.05. The molecule has 0 radical (unpaired) electrons. The Kier molecular flexibility index (Phi) is 4.42. The number of hydrogen-bond acceptors (Lipinski definition) is 2. The van der Waals surface area contributed by atoms with Crippen LogP contribution in [-0.2, 0) is 4.79 Å². The molecule has 1 N–H and O–H groups in total. The molecule has 0 heterocycles. The molecule has 2 aliphatic rings. The molecule has 0 aliphatic heterocycles. The van der Waals surface area contributed by atoms with E-state index in [2.05, 4.69) is 19.2 Å². The van der Waals surface area contributed by atoms with Crippen LogP contribution in [0, 0.1) is 25.7 Å². The van der Waals surface area contributed by atoms with Crippen molar-refractivity contribution in [1.29, 1.82) is 0 Å². The lowest BCUT2D eigenvalue weighted by Gasteiger charge is -2.25. The van der Waals surface area contributed by atoms with E-state index in [1.165, 1.54) is 30.4 Å². The van der Waals surface area contributed by atoms with Crippen molar-refractivity contribution >= 4 is 5.91 Å². The number of benzene rings is 1. The Bertz CT molecular complexity index is 554. The van der Waals surface area contributed by atoms with Gasteiger partial charge >= 0.3 is 0 Å². The average molecular weight is 301 g/mol. The van der Waals surface area contributed by atoms with Gasteiger partial charge in [-0.3, -0.25) is 4.79 Å². The van der Waals surface area contributed by atoms with Crippen LogP contribution in [0.1, 0.15) is 50.2 Å². The van der Waals surface area contributed by atoms with Crippen LogP contribution in [0.25, 0.3) is 0 Å². The highest BCUT2D eigenvalue weighted by Gasteiger charge is 2.40. The van der Waals surface area contributed by atoms with Crippen molar-refractivity contribution < 1.29 is 9.53 Å². The van der Waals surface area contributed by atoms with E-state index < -0.39 is 0 Å². The van der Waals surface area contributed by atoms with Crippen LogP contribution in [-0.4, -0.2) is 18.1 Å². The molecule has 2 bridgehead atoms. The lowest BCUT2D eigenvalue weighted by molar-refractivity contribution is -0.129. The molecule has 3 nitrogen and oxygen atoms in total. The Balaban J connectivity index is 1.60. The molecule has 2 aliphatic carbocycles. The standard InChI is InChI=1S/C19H27NO2/c1-4-18(22-16-8-5-12(2)13(3)9-16)19(21)20-17-11-14-6-7-15(17)10-14/h5,8-9,14-15,17-18H,4,6-7,10-11H2,1-3H3,(H,20,21)/t14-,15-,17+,18+/m0/s1. The fraction of sp³-hybridized carbons (Fsp3) is 0.632. The van der Waals surface area contributed by atoms with Crippen molar-refractivity contribution in [1.82, 2.24) is 5.32 Å². The molecule has 0 saturated heterocycles. The summed E-state index contributed by atoms with van der Waals surface area (Å²) in [5, 5.41) is 3.24. The summed E-state index contributed by atoms with van der Waals surface area (Å²) in [6, 6.07) is 6.40. The Morgan fingerprint density at radius 2 is 2.09 bits per heavy atom. The van der Waals surface area contributed by atoms with E-state index in [0.29, 0.717) is 18.4 Å². The molecular weight excluding hydrogens is 274 g/mol. The van der Waals surface area contributed by atoms with Crippen LogP contribution in [0.3, 0.4) is 0 Å². The van der Waals surface area contributed by atoms with Gasteiger partial charge < -0.3 is 10.1 Å². The summed E-state index contributed by atoms with van der Waals surface area (Å²) in [6.45, 7) is 6.16. The number of ether oxygens (including phenoxy) is 1. The Hall–Kier alpha value is -1.51. The van der Waals surface area contributed by atoms with Gasteiger partial charge in [0, 0.05) is 6.04 Å². The van der Waals surface area contributed by atoms with Gasteiger partial charge in [0.1, 0.15) is 5.75 Å². The molecule has 1 aromatic carbocycles. The molecule has 1 aromatic rings. The topological polar surface area (TPSA) is 38.3 Å². The normalized spacial score (nSPS) is 27.7. The molecule has 2 saturated carbocycles. The van der Waals surface area contributed by atoms with Gasteiger partial charge in [0.15, 0.2) is 6.10 Å². The highest BCUT2D eigenvalue weighted by Crippen LogP contribution is 2.44. The maximum atomic E-state index is 12.5. The number of nitrogens with one attached hydrogen (secondary N) is 1. The zero-order valence-corrected chi connectivity index (χ0v) is 13.9. The van der Waals surface area contributed by atoms with E-state index >= 15 is 0 Å². The summed E-state index contributed by atoms with van der Waals surface area (Å²) in [4.78, 5) is 12.5. The van der Waals surface area contributed by atoms with Gasteiger partial charge in [0.25, 0.3) is 5.91 Å². The second-order valence-corrected chi connectivity index (χ2v) is 7.05. The highest BCUT2D eigenvalue weighted by molar-refractivity contribution is 5.81. The summed E-state index contributed by atoms with van der Waals surface area (Å²) >= 11 is 0. The van der Waals surface area contributed by atoms with Crippen molar-refractivity contribution in [2.45, 2.75) is 65.0 Å². The summed E-state index contributed by atoms with van der Waals surface area (Å²) in [5.41, 5.74) is 2.44. The van der Waals surface area contributed by atoms with Crippen molar-refractivity contribution in [2.24, 2.45) is 11.8 Å². The van der Waals surface area contributed by atoms with E-state index in [4.69, 9.17) is 4.74 Å². The predicted octanol–water partition coefficient (Wildman–Crippen LogP) is 3.77. The molecule has 4 atom stereocenters. The van der Waals surface area contributed by atoms with Crippen molar-refractivity contribution in [2.75, 3.05) is 0 Å². The molecule has 3 heteroatoms. The molecule has 0 aromatic heterocycles. The minimum Gasteiger partial charge on any atom is -0.481 e. The van der Waals surface area contributed by atoms with E-state index in [-0.39, 0.29) is 12.0 Å². The van der Waals surface area contributed by atoms with Crippen molar-refractivity contribution in [3.8, 4) is 5.75 Å². The molecular formula is C19H27NO2. The van der Waals surface area contributed by atoms with E-state index in [1.807, 2.05) is 25.1 Å². The fourth-order valence-corrected chi connectivity index (χ4v) is 3.97. The van der Waals surface area contributed by atoms with Crippen LogP contribution in [0.4, 0.5) is 0 Å². The van der Waals surface area contributed by atoms with Crippen molar-refractivity contribution in [3.63, 3.8) is 0 Å². The van der Waals surface area contributed by atoms with Gasteiger partial charge in [0.05, 0.1) is 0 Å². The summed E-state index contributed by atoms with van der Waals surface area (Å²) in [7, 11) is 0. The maximum Gasteiger partial charge on any atom is 0.261 e. The molecule has 120 valence electrons. The van der Waals surface area contributed by atoms with E-state index in [1.54, 1.807) is 0 Å². The van der Waals surface area contributed by atoms with Crippen LogP contribution in [0.15, 0.2) is 18.2 Å². The van der Waals surface area contributed by atoms with Gasteiger partial charge in [-0.2, -0.15) is 0 Å². The van der Waals surface area contributed by atoms with E-state index in [9.17, 15) is 4.79 Å². The third-order valence-corrected chi connectivity index (χ3v) is 5.49. The van der Waals surface area contributed by atoms with Crippen LogP contribution in [0.2, 0.25) is 0 Å². The number of aryl methyl sites for hydroxylation is 2. The van der Waals surface area contributed by atoms with Gasteiger partial charge in [-0.1, -0.05) is 19.4 Å². The maximum absolute atomic E-state index is 12.5. The number of fused-ring (bicyclic) bond motifs is 2. The zero-order chi connectivity index (χ0) is 15.7. The molecule has 2 fully saturated rings. The van der Waals surface area contributed by atoms with Gasteiger partial charge in [-0.05, 0) is 74.6 Å². The smallest absolute Gasteiger partial charge is 0.261 e. The Morgan fingerprint density at radius 3 is 2.68 bits per heavy atom. The average Bonchev–Trinajstić information content (AvgIpc) is 3.10. The Labute approximate surface area is 133 Å². The number of rotatable bonds is 5. The first kappa shape index (κ1) is 15.4. The third kappa shape index (κ3) is 3.13. The largest absolute Gasteiger partial charge is 0.481 e. The number of carbonyl (C=O) groups excluding carboxylic acids is 1. The first-order chi connectivity index (χ1) is 10.6. The molecule has 0 spiro atoms. The van der Waals surface area contributed by atoms with Crippen LogP contribution >= 0.6 is 0 Å². The minimum atomic E-state index is -0.388. The third-order valence-electron chi connectivity index (χ3n) is 5.49. The zero-order valence-electron chi connectivity index (χ0n) is 13.9. The fourth-order valence-electron chi connectivity index (χ4n) is 3.97. The molecule has 22 heavy (non-hydrogen) atoms. The molecule has 0 unspecified atom stereocenters. The summed E-state index contributed by atoms with van der Waals surface area (Å²) in [5.74, 6) is 2.39. The SMILES string of the molecule is CC[C@@H](Oc1ccc(C)c(C)c1)C(=O)N[C@@H]1C[C@H]2CC[C@H]1C2. The molecule has 3 rings (SSSR count). The van der Waals surface area contributed by atoms with Crippen LogP contribution in [0.5, 0.6) is 5.75 Å². The van der Waals surface area contributed by atoms with Gasteiger partial charge in [-0.25, -0.2) is 0 Å². The predicted molar refractivity (Wildman–Crippen MR) is 88.0 cm³/mol. The second kappa shape index (κ2) is 6.31.